The van der Waals surface area contributed by atoms with Gasteiger partial charge in [0, 0.05) is 31.2 Å². The SMILES string of the molecule is O=C(ON1C(=O)CCC1=O)c1cc(O)cc(C(O)ON2C(=O)CCC2O)c1. The predicted octanol–water partition coefficient (Wildman–Crippen LogP) is -0.524. The molecule has 2 aliphatic heterocycles. The number of aromatic hydroxyl groups is 1. The third-order valence-electron chi connectivity index (χ3n) is 3.99. The zero-order valence-electron chi connectivity index (χ0n) is 13.9. The van der Waals surface area contributed by atoms with Gasteiger partial charge >= 0.3 is 5.97 Å². The summed E-state index contributed by atoms with van der Waals surface area (Å²) in [5.41, 5.74) is -0.388. The van der Waals surface area contributed by atoms with Gasteiger partial charge in [-0.15, -0.1) is 5.06 Å². The topological polar surface area (TPSA) is 154 Å². The van der Waals surface area contributed by atoms with Crippen molar-refractivity contribution in [3.8, 4) is 5.75 Å². The molecule has 0 aromatic heterocycles. The molecular weight excluding hydrogens is 364 g/mol. The van der Waals surface area contributed by atoms with Crippen molar-refractivity contribution in [2.75, 3.05) is 0 Å². The molecule has 2 unspecified atom stereocenters. The second-order valence-corrected chi connectivity index (χ2v) is 5.97. The number of rotatable bonds is 5. The molecule has 27 heavy (non-hydrogen) atoms. The Balaban J connectivity index is 1.75. The summed E-state index contributed by atoms with van der Waals surface area (Å²) in [7, 11) is 0. The van der Waals surface area contributed by atoms with Crippen LogP contribution in [0.15, 0.2) is 18.2 Å². The quantitative estimate of drug-likeness (QED) is 0.452. The number of nitrogens with zero attached hydrogens (tertiary/aromatic N) is 2. The van der Waals surface area contributed by atoms with Crippen molar-refractivity contribution in [2.24, 2.45) is 0 Å². The third kappa shape index (κ3) is 3.89. The van der Waals surface area contributed by atoms with Crippen molar-refractivity contribution < 1.29 is 44.2 Å². The van der Waals surface area contributed by atoms with E-state index in [9.17, 15) is 34.5 Å². The zero-order chi connectivity index (χ0) is 19.7. The van der Waals surface area contributed by atoms with Crippen LogP contribution >= 0.6 is 0 Å². The highest BCUT2D eigenvalue weighted by Crippen LogP contribution is 2.27. The van der Waals surface area contributed by atoms with Gasteiger partial charge < -0.3 is 20.2 Å². The molecule has 2 saturated heterocycles. The van der Waals surface area contributed by atoms with Gasteiger partial charge in [0.25, 0.3) is 11.8 Å². The molecule has 3 N–H and O–H groups in total. The van der Waals surface area contributed by atoms with Crippen LogP contribution in [0.1, 0.15) is 47.9 Å². The van der Waals surface area contributed by atoms with Gasteiger partial charge in [-0.3, -0.25) is 14.4 Å². The van der Waals surface area contributed by atoms with E-state index < -0.39 is 42.0 Å². The molecule has 2 atom stereocenters. The molecule has 0 bridgehead atoms. The molecule has 0 radical (unpaired) electrons. The summed E-state index contributed by atoms with van der Waals surface area (Å²) < 4.78 is 0. The lowest BCUT2D eigenvalue weighted by molar-refractivity contribution is -0.290. The number of benzene rings is 1. The number of carbonyl (C=O) groups is 4. The van der Waals surface area contributed by atoms with Gasteiger partial charge in [0.1, 0.15) is 5.75 Å². The molecule has 1 aromatic rings. The van der Waals surface area contributed by atoms with Crippen LogP contribution in [0.4, 0.5) is 0 Å². The fourth-order valence-corrected chi connectivity index (χ4v) is 2.63. The van der Waals surface area contributed by atoms with Gasteiger partial charge in [-0.25, -0.2) is 9.63 Å². The Labute approximate surface area is 152 Å². The van der Waals surface area contributed by atoms with Gasteiger partial charge in [-0.2, -0.15) is 5.06 Å². The van der Waals surface area contributed by atoms with E-state index in [1.54, 1.807) is 0 Å². The Morgan fingerprint density at radius 1 is 1.07 bits per heavy atom. The number of hydrogen-bond donors (Lipinski definition) is 3. The largest absolute Gasteiger partial charge is 0.508 e. The van der Waals surface area contributed by atoms with E-state index in [4.69, 9.17) is 9.68 Å². The normalized spacial score (nSPS) is 21.1. The van der Waals surface area contributed by atoms with Crippen LogP contribution in [-0.4, -0.2) is 55.4 Å². The number of carbonyl (C=O) groups excluding carboxylic acids is 4. The maximum absolute atomic E-state index is 12.2. The smallest absolute Gasteiger partial charge is 0.364 e. The number of aliphatic hydroxyl groups excluding tert-OH is 2. The van der Waals surface area contributed by atoms with Gasteiger partial charge in [0.15, 0.2) is 6.23 Å². The summed E-state index contributed by atoms with van der Waals surface area (Å²) in [4.78, 5) is 56.5. The molecule has 3 amide bonds. The van der Waals surface area contributed by atoms with Crippen LogP contribution in [-0.2, 0) is 24.1 Å². The van der Waals surface area contributed by atoms with Crippen LogP contribution in [0.2, 0.25) is 0 Å². The van der Waals surface area contributed by atoms with E-state index in [0.717, 1.165) is 18.2 Å². The molecule has 2 fully saturated rings. The second kappa shape index (κ2) is 7.31. The van der Waals surface area contributed by atoms with E-state index in [2.05, 4.69) is 0 Å². The van der Waals surface area contributed by atoms with Crippen molar-refractivity contribution in [1.82, 2.24) is 10.1 Å². The zero-order valence-corrected chi connectivity index (χ0v) is 13.9. The maximum atomic E-state index is 12.2. The highest BCUT2D eigenvalue weighted by atomic mass is 16.8. The number of phenols is 1. The second-order valence-electron chi connectivity index (χ2n) is 5.97. The molecule has 0 aliphatic carbocycles. The third-order valence-corrected chi connectivity index (χ3v) is 3.99. The van der Waals surface area contributed by atoms with Crippen LogP contribution < -0.4 is 0 Å². The number of hydroxylamine groups is 4. The first-order valence-corrected chi connectivity index (χ1v) is 8.03. The highest BCUT2D eigenvalue weighted by Gasteiger charge is 2.34. The maximum Gasteiger partial charge on any atom is 0.364 e. The van der Waals surface area contributed by atoms with Crippen LogP contribution in [0, 0.1) is 0 Å². The number of aliphatic hydroxyl groups is 2. The van der Waals surface area contributed by atoms with E-state index in [-0.39, 0.29) is 36.8 Å². The number of imide groups is 1. The molecular formula is C16H16N2O9. The molecule has 2 aliphatic rings. The predicted molar refractivity (Wildman–Crippen MR) is 82.7 cm³/mol. The molecule has 0 spiro atoms. The Kier molecular flexibility index (Phi) is 5.08. The van der Waals surface area contributed by atoms with Crippen molar-refractivity contribution in [3.05, 3.63) is 29.3 Å². The van der Waals surface area contributed by atoms with E-state index in [0.29, 0.717) is 10.1 Å². The minimum Gasteiger partial charge on any atom is -0.508 e. The first kappa shape index (κ1) is 18.8. The molecule has 11 heteroatoms. The Morgan fingerprint density at radius 2 is 1.74 bits per heavy atom. The average molecular weight is 380 g/mol. The van der Waals surface area contributed by atoms with Gasteiger partial charge in [-0.05, 0) is 18.2 Å². The summed E-state index contributed by atoms with van der Waals surface area (Å²) in [6, 6.07) is 3.16. The Morgan fingerprint density at radius 3 is 2.33 bits per heavy atom. The fourth-order valence-electron chi connectivity index (χ4n) is 2.63. The van der Waals surface area contributed by atoms with E-state index >= 15 is 0 Å². The molecule has 3 rings (SSSR count). The Bertz CT molecular complexity index is 793. The molecule has 2 heterocycles. The summed E-state index contributed by atoms with van der Waals surface area (Å²) in [5, 5.41) is 30.5. The first-order chi connectivity index (χ1) is 12.8. The summed E-state index contributed by atoms with van der Waals surface area (Å²) in [5.74, 6) is -3.42. The van der Waals surface area contributed by atoms with Gasteiger partial charge in [0.2, 0.25) is 12.2 Å². The van der Waals surface area contributed by atoms with Crippen LogP contribution in [0.3, 0.4) is 0 Å². The number of phenolic OH excluding ortho intramolecular Hbond substituents is 1. The van der Waals surface area contributed by atoms with E-state index in [1.165, 1.54) is 0 Å². The lowest BCUT2D eigenvalue weighted by Crippen LogP contribution is -2.34. The number of amides is 3. The van der Waals surface area contributed by atoms with Crippen molar-refractivity contribution in [1.29, 1.82) is 0 Å². The molecule has 1 aromatic carbocycles. The van der Waals surface area contributed by atoms with Gasteiger partial charge in [-0.1, -0.05) is 0 Å². The molecule has 144 valence electrons. The van der Waals surface area contributed by atoms with Crippen LogP contribution in [0.5, 0.6) is 5.75 Å². The van der Waals surface area contributed by atoms with Crippen molar-refractivity contribution in [3.63, 3.8) is 0 Å². The summed E-state index contributed by atoms with van der Waals surface area (Å²) >= 11 is 0. The van der Waals surface area contributed by atoms with E-state index in [1.807, 2.05) is 0 Å². The highest BCUT2D eigenvalue weighted by molar-refractivity contribution is 6.02. The average Bonchev–Trinajstić information content (AvgIpc) is 3.11. The standard InChI is InChI=1S/C16H16N2O9/c19-10-6-8(15(24)26-17-11(20)1-2-12(17)21)5-9(7-10)16(25)27-18-13(22)3-4-14(18)23/h5-7,11,15,19-20,24H,1-4H2. The minimum absolute atomic E-state index is 0.0450. The lowest BCUT2D eigenvalue weighted by Gasteiger charge is -2.23. The van der Waals surface area contributed by atoms with Crippen LogP contribution in [0.25, 0.3) is 0 Å². The molecule has 11 nitrogen and oxygen atoms in total. The van der Waals surface area contributed by atoms with Crippen molar-refractivity contribution >= 4 is 23.7 Å². The minimum atomic E-state index is -1.78. The first-order valence-electron chi connectivity index (χ1n) is 8.03. The van der Waals surface area contributed by atoms with Crippen molar-refractivity contribution in [2.45, 2.75) is 38.2 Å². The Hall–Kier alpha value is -3.02. The number of hydrogen-bond acceptors (Lipinski definition) is 9. The summed E-state index contributed by atoms with van der Waals surface area (Å²) in [6.07, 6.45) is -2.96. The summed E-state index contributed by atoms with van der Waals surface area (Å²) in [6.45, 7) is 0. The fraction of sp³-hybridized carbons (Fsp3) is 0.375. The van der Waals surface area contributed by atoms with Gasteiger partial charge in [0.05, 0.1) is 5.56 Å². The molecule has 0 saturated carbocycles. The monoisotopic (exact) mass is 380 g/mol. The lowest BCUT2D eigenvalue weighted by atomic mass is 10.1.